The van der Waals surface area contributed by atoms with Crippen LogP contribution in [0, 0.1) is 6.92 Å². The summed E-state index contributed by atoms with van der Waals surface area (Å²) in [4.78, 5) is 4.31. The summed E-state index contributed by atoms with van der Waals surface area (Å²) in [7, 11) is 0. The van der Waals surface area contributed by atoms with E-state index < -0.39 is 0 Å². The molecule has 0 spiro atoms. The Morgan fingerprint density at radius 3 is 2.50 bits per heavy atom. The molecule has 2 rings (SSSR count). The molecule has 0 fully saturated rings. The van der Waals surface area contributed by atoms with Gasteiger partial charge in [0, 0.05) is 19.3 Å². The van der Waals surface area contributed by atoms with E-state index in [9.17, 15) is 0 Å². The largest absolute Gasteiger partial charge is 0.365 e. The first kappa shape index (κ1) is 13.1. The van der Waals surface area contributed by atoms with Crippen LogP contribution in [0.5, 0.6) is 0 Å². The smallest absolute Gasteiger partial charge is 0.140 e. The van der Waals surface area contributed by atoms with Crippen molar-refractivity contribution < 1.29 is 0 Å². The average molecular weight is 306 g/mol. The van der Waals surface area contributed by atoms with Crippen LogP contribution in [0.2, 0.25) is 0 Å². The Hall–Kier alpha value is -1.39. The van der Waals surface area contributed by atoms with Gasteiger partial charge in [-0.3, -0.25) is 0 Å². The normalized spacial score (nSPS) is 10.4. The highest BCUT2D eigenvalue weighted by molar-refractivity contribution is 9.10. The molecule has 1 aromatic heterocycles. The zero-order chi connectivity index (χ0) is 13.0. The van der Waals surface area contributed by atoms with E-state index in [0.717, 1.165) is 22.4 Å². The van der Waals surface area contributed by atoms with Gasteiger partial charge in [-0.05, 0) is 45.6 Å². The minimum Gasteiger partial charge on any atom is -0.365 e. The van der Waals surface area contributed by atoms with E-state index in [-0.39, 0.29) is 0 Å². The maximum atomic E-state index is 5.57. The lowest BCUT2D eigenvalue weighted by Crippen LogP contribution is -2.03. The molecule has 0 aliphatic heterocycles. The predicted octanol–water partition coefficient (Wildman–Crippen LogP) is 3.22. The number of aryl methyl sites for hydroxylation is 1. The number of hydrogen-bond acceptors (Lipinski definition) is 3. The summed E-state index contributed by atoms with van der Waals surface area (Å²) in [6.45, 7) is 3.38. The van der Waals surface area contributed by atoms with Gasteiger partial charge in [0.1, 0.15) is 5.82 Å². The Bertz CT molecular complexity index is 523. The molecule has 0 saturated carbocycles. The topological polar surface area (TPSA) is 50.9 Å². The number of nitrogens with two attached hydrogens (primary N) is 1. The van der Waals surface area contributed by atoms with Gasteiger partial charge in [0.15, 0.2) is 0 Å². The number of benzene rings is 1. The second kappa shape index (κ2) is 5.98. The lowest BCUT2D eigenvalue weighted by Gasteiger charge is -2.09. The lowest BCUT2D eigenvalue weighted by atomic mass is 10.1. The number of nitrogens with zero attached hydrogens (tertiary/aromatic N) is 1. The molecule has 2 aromatic rings. The van der Waals surface area contributed by atoms with E-state index in [1.807, 2.05) is 13.0 Å². The first-order chi connectivity index (χ1) is 8.70. The van der Waals surface area contributed by atoms with Gasteiger partial charge in [0.2, 0.25) is 0 Å². The van der Waals surface area contributed by atoms with Crippen LogP contribution in [0.4, 0.5) is 5.82 Å². The fourth-order valence-corrected chi connectivity index (χ4v) is 2.02. The molecule has 0 amide bonds. The number of pyridine rings is 1. The summed E-state index contributed by atoms with van der Waals surface area (Å²) in [6.07, 6.45) is 1.81. The van der Waals surface area contributed by atoms with E-state index in [1.165, 1.54) is 11.1 Å². The van der Waals surface area contributed by atoms with Crippen molar-refractivity contribution >= 4 is 21.7 Å². The van der Waals surface area contributed by atoms with Crippen molar-refractivity contribution in [3.63, 3.8) is 0 Å². The monoisotopic (exact) mass is 305 g/mol. The highest BCUT2D eigenvalue weighted by Crippen LogP contribution is 2.23. The minimum atomic E-state index is 0.582. The third-order valence-corrected chi connectivity index (χ3v) is 3.80. The van der Waals surface area contributed by atoms with Crippen molar-refractivity contribution in [3.8, 4) is 0 Å². The van der Waals surface area contributed by atoms with Gasteiger partial charge in [0.05, 0.1) is 4.47 Å². The van der Waals surface area contributed by atoms with E-state index in [1.54, 1.807) is 6.20 Å². The number of rotatable bonds is 4. The molecule has 1 aromatic carbocycles. The van der Waals surface area contributed by atoms with Crippen molar-refractivity contribution in [2.75, 3.05) is 5.32 Å². The standard InChI is InChI=1S/C14H16BrN3/c1-10-6-7-17-14(13(10)15)18-9-12-4-2-11(8-16)3-5-12/h2-7H,8-9,16H2,1H3,(H,17,18). The molecule has 4 heteroatoms. The second-order valence-corrected chi connectivity index (χ2v) is 4.96. The zero-order valence-corrected chi connectivity index (χ0v) is 11.9. The molecule has 0 saturated heterocycles. The summed E-state index contributed by atoms with van der Waals surface area (Å²) in [6, 6.07) is 10.2. The average Bonchev–Trinajstić information content (AvgIpc) is 2.41. The molecular formula is C14H16BrN3. The number of aromatic nitrogens is 1. The number of anilines is 1. The molecule has 0 aliphatic carbocycles. The van der Waals surface area contributed by atoms with Gasteiger partial charge < -0.3 is 11.1 Å². The van der Waals surface area contributed by atoms with Crippen molar-refractivity contribution in [1.82, 2.24) is 4.98 Å². The predicted molar refractivity (Wildman–Crippen MR) is 78.3 cm³/mol. The van der Waals surface area contributed by atoms with E-state index in [2.05, 4.69) is 50.5 Å². The Labute approximate surface area is 116 Å². The molecular weight excluding hydrogens is 290 g/mol. The summed E-state index contributed by atoms with van der Waals surface area (Å²) in [5.74, 6) is 0.873. The fraction of sp³-hybridized carbons (Fsp3) is 0.214. The molecule has 0 radical (unpaired) electrons. The third-order valence-electron chi connectivity index (χ3n) is 2.80. The molecule has 0 atom stereocenters. The van der Waals surface area contributed by atoms with E-state index >= 15 is 0 Å². The van der Waals surface area contributed by atoms with Crippen LogP contribution in [0.15, 0.2) is 41.0 Å². The molecule has 0 unspecified atom stereocenters. The Morgan fingerprint density at radius 1 is 1.17 bits per heavy atom. The Kier molecular flexibility index (Phi) is 4.33. The molecule has 18 heavy (non-hydrogen) atoms. The SMILES string of the molecule is Cc1ccnc(NCc2ccc(CN)cc2)c1Br. The van der Waals surface area contributed by atoms with Crippen LogP contribution in [-0.2, 0) is 13.1 Å². The molecule has 0 bridgehead atoms. The maximum Gasteiger partial charge on any atom is 0.140 e. The van der Waals surface area contributed by atoms with E-state index in [4.69, 9.17) is 5.73 Å². The van der Waals surface area contributed by atoms with Crippen molar-refractivity contribution in [2.24, 2.45) is 5.73 Å². The Balaban J connectivity index is 2.04. The zero-order valence-electron chi connectivity index (χ0n) is 10.3. The summed E-state index contributed by atoms with van der Waals surface area (Å²) < 4.78 is 1.02. The lowest BCUT2D eigenvalue weighted by molar-refractivity contribution is 1.05. The van der Waals surface area contributed by atoms with E-state index in [0.29, 0.717) is 6.54 Å². The van der Waals surface area contributed by atoms with Gasteiger partial charge in [-0.15, -0.1) is 0 Å². The fourth-order valence-electron chi connectivity index (χ4n) is 1.64. The van der Waals surface area contributed by atoms with Gasteiger partial charge >= 0.3 is 0 Å². The quantitative estimate of drug-likeness (QED) is 0.912. The van der Waals surface area contributed by atoms with Gasteiger partial charge in [-0.25, -0.2) is 4.98 Å². The first-order valence-electron chi connectivity index (χ1n) is 5.83. The summed E-state index contributed by atoms with van der Waals surface area (Å²) in [5, 5.41) is 3.32. The van der Waals surface area contributed by atoms with Crippen molar-refractivity contribution in [2.45, 2.75) is 20.0 Å². The van der Waals surface area contributed by atoms with Gasteiger partial charge in [-0.2, -0.15) is 0 Å². The first-order valence-corrected chi connectivity index (χ1v) is 6.63. The molecule has 1 heterocycles. The maximum absolute atomic E-state index is 5.57. The van der Waals surface area contributed by atoms with Crippen molar-refractivity contribution in [1.29, 1.82) is 0 Å². The minimum absolute atomic E-state index is 0.582. The molecule has 0 aliphatic rings. The van der Waals surface area contributed by atoms with Crippen molar-refractivity contribution in [3.05, 3.63) is 57.7 Å². The Morgan fingerprint density at radius 2 is 1.83 bits per heavy atom. The van der Waals surface area contributed by atoms with Crippen LogP contribution in [-0.4, -0.2) is 4.98 Å². The summed E-state index contributed by atoms with van der Waals surface area (Å²) in [5.41, 5.74) is 9.10. The van der Waals surface area contributed by atoms with Gasteiger partial charge in [-0.1, -0.05) is 24.3 Å². The summed E-state index contributed by atoms with van der Waals surface area (Å²) >= 11 is 3.54. The number of halogens is 1. The van der Waals surface area contributed by atoms with Gasteiger partial charge in [0.25, 0.3) is 0 Å². The number of nitrogens with one attached hydrogen (secondary N) is 1. The number of hydrogen-bond donors (Lipinski definition) is 2. The van der Waals surface area contributed by atoms with Crippen LogP contribution >= 0.6 is 15.9 Å². The van der Waals surface area contributed by atoms with Crippen LogP contribution in [0.3, 0.4) is 0 Å². The van der Waals surface area contributed by atoms with Crippen LogP contribution in [0.1, 0.15) is 16.7 Å². The highest BCUT2D eigenvalue weighted by atomic mass is 79.9. The van der Waals surface area contributed by atoms with Crippen LogP contribution in [0.25, 0.3) is 0 Å². The third kappa shape index (κ3) is 3.09. The van der Waals surface area contributed by atoms with Crippen LogP contribution < -0.4 is 11.1 Å². The molecule has 3 N–H and O–H groups in total. The molecule has 3 nitrogen and oxygen atoms in total. The highest BCUT2D eigenvalue weighted by Gasteiger charge is 2.03. The second-order valence-electron chi connectivity index (χ2n) is 4.16. The molecule has 94 valence electrons.